The molecule has 1 aromatic rings. The van der Waals surface area contributed by atoms with Crippen molar-refractivity contribution in [2.45, 2.75) is 13.0 Å². The van der Waals surface area contributed by atoms with E-state index in [1.807, 2.05) is 14.0 Å². The van der Waals surface area contributed by atoms with Gasteiger partial charge in [0, 0.05) is 7.05 Å². The number of aromatic nitrogens is 3. The lowest BCUT2D eigenvalue weighted by Crippen LogP contribution is -2.26. The Labute approximate surface area is 86.9 Å². The maximum absolute atomic E-state index is 5.48. The van der Waals surface area contributed by atoms with Crippen molar-refractivity contribution in [3.63, 3.8) is 0 Å². The fourth-order valence-corrected chi connectivity index (χ4v) is 1.09. The third-order valence-corrected chi connectivity index (χ3v) is 1.69. The fraction of sp³-hybridized carbons (Fsp3) is 0.429. The Morgan fingerprint density at radius 3 is 2.60 bits per heavy atom. The molecule has 0 radical (unpaired) electrons. The van der Waals surface area contributed by atoms with E-state index in [1.54, 1.807) is 10.9 Å². The molecule has 0 amide bonds. The zero-order valence-electron chi connectivity index (χ0n) is 8.62. The summed E-state index contributed by atoms with van der Waals surface area (Å²) in [7, 11) is 1.82. The Morgan fingerprint density at radius 2 is 2.13 bits per heavy atom. The van der Waals surface area contributed by atoms with E-state index >= 15 is 0 Å². The van der Waals surface area contributed by atoms with Gasteiger partial charge in [0.05, 0.1) is 0 Å². The number of hydrogen-bond donors (Lipinski definition) is 3. The minimum absolute atomic E-state index is 0.0190. The Hall–Kier alpha value is -2.12. The van der Waals surface area contributed by atoms with Crippen LogP contribution in [0.15, 0.2) is 16.3 Å². The van der Waals surface area contributed by atoms with Crippen molar-refractivity contribution in [1.29, 1.82) is 0 Å². The molecule has 15 heavy (non-hydrogen) atoms. The average molecular weight is 210 g/mol. The van der Waals surface area contributed by atoms with Gasteiger partial charge >= 0.3 is 0 Å². The Kier molecular flexibility index (Phi) is 3.21. The number of hydrogen-bond acceptors (Lipinski definition) is 3. The summed E-state index contributed by atoms with van der Waals surface area (Å²) < 4.78 is 1.75. The van der Waals surface area contributed by atoms with Gasteiger partial charge in [-0.2, -0.15) is 4.99 Å². The first-order chi connectivity index (χ1) is 7.00. The highest BCUT2D eigenvalue weighted by molar-refractivity contribution is 5.92. The van der Waals surface area contributed by atoms with E-state index in [2.05, 4.69) is 20.2 Å². The molecule has 1 atom stereocenters. The van der Waals surface area contributed by atoms with Crippen molar-refractivity contribution in [3.05, 3.63) is 12.2 Å². The largest absolute Gasteiger partial charge is 0.370 e. The number of guanidine groups is 2. The zero-order valence-corrected chi connectivity index (χ0v) is 8.62. The van der Waals surface area contributed by atoms with Gasteiger partial charge in [-0.1, -0.05) is 0 Å². The van der Waals surface area contributed by atoms with Crippen LogP contribution in [-0.4, -0.2) is 26.7 Å². The van der Waals surface area contributed by atoms with E-state index in [9.17, 15) is 0 Å². The van der Waals surface area contributed by atoms with Crippen LogP contribution in [0, 0.1) is 0 Å². The lowest BCUT2D eigenvalue weighted by molar-refractivity contribution is 0.684. The highest BCUT2D eigenvalue weighted by Crippen LogP contribution is 2.11. The van der Waals surface area contributed by atoms with E-state index in [0.29, 0.717) is 5.82 Å². The van der Waals surface area contributed by atoms with Crippen molar-refractivity contribution in [2.24, 2.45) is 34.2 Å². The van der Waals surface area contributed by atoms with Crippen LogP contribution in [0.2, 0.25) is 0 Å². The van der Waals surface area contributed by atoms with Gasteiger partial charge in [-0.05, 0) is 6.92 Å². The third kappa shape index (κ3) is 2.93. The second-order valence-corrected chi connectivity index (χ2v) is 3.00. The first-order valence-corrected chi connectivity index (χ1v) is 4.27. The average Bonchev–Trinajstić information content (AvgIpc) is 2.49. The summed E-state index contributed by atoms with van der Waals surface area (Å²) in [5.41, 5.74) is 15.8. The van der Waals surface area contributed by atoms with E-state index < -0.39 is 0 Å². The Bertz CT molecular complexity index is 385. The Morgan fingerprint density at radius 1 is 1.47 bits per heavy atom. The molecule has 0 spiro atoms. The minimum atomic E-state index is -0.249. The minimum Gasteiger partial charge on any atom is -0.370 e. The molecule has 0 saturated carbocycles. The van der Waals surface area contributed by atoms with E-state index in [4.69, 9.17) is 17.2 Å². The molecule has 8 heteroatoms. The Balaban J connectivity index is 2.83. The summed E-state index contributed by atoms with van der Waals surface area (Å²) in [4.78, 5) is 7.64. The first kappa shape index (κ1) is 11.0. The molecular weight excluding hydrogens is 196 g/mol. The molecule has 8 nitrogen and oxygen atoms in total. The van der Waals surface area contributed by atoms with E-state index in [-0.39, 0.29) is 18.0 Å². The van der Waals surface area contributed by atoms with Gasteiger partial charge in [-0.3, -0.25) is 0 Å². The van der Waals surface area contributed by atoms with Gasteiger partial charge in [0.15, 0.2) is 11.8 Å². The maximum atomic E-state index is 5.48. The first-order valence-electron chi connectivity index (χ1n) is 4.27. The third-order valence-electron chi connectivity index (χ3n) is 1.69. The lowest BCUT2D eigenvalue weighted by atomic mass is 10.3. The molecule has 0 saturated heterocycles. The number of rotatable bonds is 2. The van der Waals surface area contributed by atoms with Crippen LogP contribution in [-0.2, 0) is 7.05 Å². The fourth-order valence-electron chi connectivity index (χ4n) is 1.09. The van der Waals surface area contributed by atoms with Crippen LogP contribution < -0.4 is 17.2 Å². The monoisotopic (exact) mass is 210 g/mol. The summed E-state index contributed by atoms with van der Waals surface area (Å²) >= 11 is 0. The maximum Gasteiger partial charge on any atom is 0.219 e. The van der Waals surface area contributed by atoms with Gasteiger partial charge in [0.25, 0.3) is 0 Å². The molecular formula is C7H14N8. The lowest BCUT2D eigenvalue weighted by Gasteiger charge is -2.05. The number of aryl methyl sites for hydroxylation is 1. The summed E-state index contributed by atoms with van der Waals surface area (Å²) in [6, 6.07) is -0.249. The standard InChI is InChI=1S/C7H14N8/c1-4(5-14-11-3-15(5)2)12-7(10)13-6(8)9/h3-4H,1-2H3,(H6,8,9,10,12,13). The van der Waals surface area contributed by atoms with Crippen LogP contribution >= 0.6 is 0 Å². The second kappa shape index (κ2) is 4.40. The summed E-state index contributed by atoms with van der Waals surface area (Å²) in [5, 5.41) is 7.62. The summed E-state index contributed by atoms with van der Waals surface area (Å²) in [5.74, 6) is 0.579. The van der Waals surface area contributed by atoms with Crippen LogP contribution in [0.3, 0.4) is 0 Å². The molecule has 0 bridgehead atoms. The van der Waals surface area contributed by atoms with Crippen LogP contribution in [0.1, 0.15) is 18.8 Å². The quantitative estimate of drug-likeness (QED) is 0.402. The molecule has 0 aliphatic carbocycles. The van der Waals surface area contributed by atoms with Gasteiger partial charge in [-0.15, -0.1) is 10.2 Å². The summed E-state index contributed by atoms with van der Waals surface area (Å²) in [6.45, 7) is 1.82. The molecule has 1 heterocycles. The van der Waals surface area contributed by atoms with Crippen molar-refractivity contribution < 1.29 is 0 Å². The van der Waals surface area contributed by atoms with Gasteiger partial charge in [0.1, 0.15) is 12.4 Å². The molecule has 0 aromatic carbocycles. The van der Waals surface area contributed by atoms with Crippen molar-refractivity contribution >= 4 is 11.9 Å². The van der Waals surface area contributed by atoms with Crippen molar-refractivity contribution in [3.8, 4) is 0 Å². The number of nitrogens with two attached hydrogens (primary N) is 3. The SMILES string of the molecule is CC(N=C(N)N=C(N)N)c1nncn1C. The molecule has 1 unspecified atom stereocenters. The predicted molar refractivity (Wildman–Crippen MR) is 56.9 cm³/mol. The second-order valence-electron chi connectivity index (χ2n) is 3.00. The van der Waals surface area contributed by atoms with Crippen molar-refractivity contribution in [1.82, 2.24) is 14.8 Å². The van der Waals surface area contributed by atoms with Gasteiger partial charge < -0.3 is 21.8 Å². The topological polar surface area (TPSA) is 133 Å². The van der Waals surface area contributed by atoms with E-state index in [0.717, 1.165) is 0 Å². The zero-order chi connectivity index (χ0) is 11.4. The molecule has 0 aliphatic heterocycles. The van der Waals surface area contributed by atoms with Crippen molar-refractivity contribution in [2.75, 3.05) is 0 Å². The number of nitrogens with zero attached hydrogens (tertiary/aromatic N) is 5. The molecule has 6 N–H and O–H groups in total. The van der Waals surface area contributed by atoms with Gasteiger partial charge in [-0.25, -0.2) is 4.99 Å². The van der Waals surface area contributed by atoms with Gasteiger partial charge in [0.2, 0.25) is 5.96 Å². The van der Waals surface area contributed by atoms with Crippen LogP contribution in [0.5, 0.6) is 0 Å². The molecule has 1 rings (SSSR count). The van der Waals surface area contributed by atoms with E-state index in [1.165, 1.54) is 0 Å². The molecule has 82 valence electrons. The molecule has 1 aromatic heterocycles. The number of aliphatic imine (C=N–C) groups is 2. The molecule has 0 fully saturated rings. The smallest absolute Gasteiger partial charge is 0.219 e. The highest BCUT2D eigenvalue weighted by atomic mass is 15.3. The predicted octanol–water partition coefficient (Wildman–Crippen LogP) is -1.54. The summed E-state index contributed by atoms with van der Waals surface area (Å²) in [6.07, 6.45) is 1.58. The normalized spacial score (nSPS) is 13.6. The highest BCUT2D eigenvalue weighted by Gasteiger charge is 2.09. The van der Waals surface area contributed by atoms with Crippen LogP contribution in [0.4, 0.5) is 0 Å². The molecule has 0 aliphatic rings. The van der Waals surface area contributed by atoms with Crippen LogP contribution in [0.25, 0.3) is 0 Å².